The van der Waals surface area contributed by atoms with E-state index in [0.717, 1.165) is 25.2 Å². The molecular weight excluding hydrogens is 200 g/mol. The Hall–Kier alpha value is -0.540. The second kappa shape index (κ2) is 6.26. The van der Waals surface area contributed by atoms with Crippen molar-refractivity contribution in [2.45, 2.75) is 57.4 Å². The molecule has 0 spiro atoms. The van der Waals surface area contributed by atoms with Crippen LogP contribution in [0.4, 0.5) is 0 Å². The first-order valence-electron chi connectivity index (χ1n) is 6.71. The van der Waals surface area contributed by atoms with Gasteiger partial charge in [-0.1, -0.05) is 25.7 Å². The van der Waals surface area contributed by atoms with Crippen molar-refractivity contribution in [1.29, 1.82) is 0 Å². The SMILES string of the molecule is NNC(C1=CCCCO1)C1CCCCCC1. The van der Waals surface area contributed by atoms with Crippen LogP contribution in [0, 0.1) is 5.92 Å². The van der Waals surface area contributed by atoms with E-state index in [0.29, 0.717) is 5.92 Å². The zero-order chi connectivity index (χ0) is 11.2. The fourth-order valence-corrected chi connectivity index (χ4v) is 2.89. The van der Waals surface area contributed by atoms with Crippen LogP contribution in [0.5, 0.6) is 0 Å². The average Bonchev–Trinajstić information content (AvgIpc) is 2.61. The van der Waals surface area contributed by atoms with Crippen LogP contribution in [-0.2, 0) is 4.74 Å². The predicted molar refractivity (Wildman–Crippen MR) is 65.6 cm³/mol. The van der Waals surface area contributed by atoms with Gasteiger partial charge in [-0.2, -0.15) is 0 Å². The van der Waals surface area contributed by atoms with Gasteiger partial charge in [0.05, 0.1) is 12.6 Å². The summed E-state index contributed by atoms with van der Waals surface area (Å²) >= 11 is 0. The Morgan fingerprint density at radius 3 is 2.50 bits per heavy atom. The van der Waals surface area contributed by atoms with Gasteiger partial charge in [0.15, 0.2) is 0 Å². The number of allylic oxidation sites excluding steroid dienone is 1. The molecule has 2 aliphatic rings. The van der Waals surface area contributed by atoms with Crippen molar-refractivity contribution in [3.05, 3.63) is 11.8 Å². The van der Waals surface area contributed by atoms with Gasteiger partial charge < -0.3 is 4.74 Å². The smallest absolute Gasteiger partial charge is 0.111 e. The topological polar surface area (TPSA) is 47.3 Å². The monoisotopic (exact) mass is 224 g/mol. The van der Waals surface area contributed by atoms with Gasteiger partial charge in [-0.05, 0) is 37.7 Å². The molecule has 16 heavy (non-hydrogen) atoms. The summed E-state index contributed by atoms with van der Waals surface area (Å²) in [5.74, 6) is 7.48. The van der Waals surface area contributed by atoms with Crippen LogP contribution in [0.25, 0.3) is 0 Å². The predicted octanol–water partition coefficient (Wildman–Crippen LogP) is 2.48. The maximum Gasteiger partial charge on any atom is 0.111 e. The molecule has 1 aliphatic heterocycles. The highest BCUT2D eigenvalue weighted by atomic mass is 16.5. The Morgan fingerprint density at radius 1 is 1.19 bits per heavy atom. The maximum atomic E-state index is 5.74. The number of nitrogens with two attached hydrogens (primary N) is 1. The third-order valence-corrected chi connectivity index (χ3v) is 3.82. The van der Waals surface area contributed by atoms with Gasteiger partial charge in [0.25, 0.3) is 0 Å². The second-order valence-corrected chi connectivity index (χ2v) is 4.99. The fraction of sp³-hybridized carbons (Fsp3) is 0.846. The zero-order valence-electron chi connectivity index (χ0n) is 10.1. The molecule has 2 rings (SSSR count). The summed E-state index contributed by atoms with van der Waals surface area (Å²) in [6, 6.07) is 0.249. The average molecular weight is 224 g/mol. The molecule has 3 heteroatoms. The van der Waals surface area contributed by atoms with Gasteiger partial charge in [0.1, 0.15) is 5.76 Å². The number of hydrazine groups is 1. The van der Waals surface area contributed by atoms with E-state index in [9.17, 15) is 0 Å². The molecule has 0 aromatic heterocycles. The summed E-state index contributed by atoms with van der Waals surface area (Å²) in [6.07, 6.45) is 12.5. The quantitative estimate of drug-likeness (QED) is 0.440. The molecule has 0 bridgehead atoms. The first-order valence-corrected chi connectivity index (χ1v) is 6.71. The Labute approximate surface area is 98.4 Å². The van der Waals surface area contributed by atoms with Gasteiger partial charge in [0.2, 0.25) is 0 Å². The molecule has 0 aromatic carbocycles. The van der Waals surface area contributed by atoms with E-state index < -0.39 is 0 Å². The molecule has 3 N–H and O–H groups in total. The molecule has 1 saturated carbocycles. The lowest BCUT2D eigenvalue weighted by Crippen LogP contribution is -2.43. The minimum absolute atomic E-state index is 0.249. The molecule has 1 unspecified atom stereocenters. The highest BCUT2D eigenvalue weighted by Gasteiger charge is 2.26. The van der Waals surface area contributed by atoms with Crippen molar-refractivity contribution in [3.8, 4) is 0 Å². The summed E-state index contributed by atoms with van der Waals surface area (Å²) < 4.78 is 5.74. The second-order valence-electron chi connectivity index (χ2n) is 4.99. The molecule has 3 nitrogen and oxygen atoms in total. The Balaban J connectivity index is 1.99. The highest BCUT2D eigenvalue weighted by molar-refractivity contribution is 5.07. The lowest BCUT2D eigenvalue weighted by molar-refractivity contribution is 0.146. The normalized spacial score (nSPS) is 25.4. The molecule has 1 atom stereocenters. The number of rotatable bonds is 3. The third-order valence-electron chi connectivity index (χ3n) is 3.82. The molecule has 0 radical (unpaired) electrons. The highest BCUT2D eigenvalue weighted by Crippen LogP contribution is 2.29. The van der Waals surface area contributed by atoms with Gasteiger partial charge >= 0.3 is 0 Å². The molecule has 1 fully saturated rings. The molecule has 1 aliphatic carbocycles. The first kappa shape index (κ1) is 11.9. The summed E-state index contributed by atoms with van der Waals surface area (Å²) in [5, 5.41) is 0. The van der Waals surface area contributed by atoms with Crippen LogP contribution < -0.4 is 11.3 Å². The maximum absolute atomic E-state index is 5.74. The molecule has 92 valence electrons. The first-order chi connectivity index (χ1) is 7.92. The summed E-state index contributed by atoms with van der Waals surface area (Å²) in [4.78, 5) is 0. The molecule has 1 heterocycles. The van der Waals surface area contributed by atoms with Gasteiger partial charge in [0, 0.05) is 0 Å². The molecule has 0 saturated heterocycles. The van der Waals surface area contributed by atoms with Crippen molar-refractivity contribution in [2.75, 3.05) is 6.61 Å². The van der Waals surface area contributed by atoms with Crippen molar-refractivity contribution in [1.82, 2.24) is 5.43 Å². The van der Waals surface area contributed by atoms with Crippen molar-refractivity contribution < 1.29 is 4.74 Å². The Bertz CT molecular complexity index is 232. The number of nitrogens with one attached hydrogen (secondary N) is 1. The number of hydrogen-bond acceptors (Lipinski definition) is 3. The summed E-state index contributed by atoms with van der Waals surface area (Å²) in [7, 11) is 0. The van der Waals surface area contributed by atoms with E-state index in [-0.39, 0.29) is 6.04 Å². The van der Waals surface area contributed by atoms with Crippen molar-refractivity contribution in [3.63, 3.8) is 0 Å². The van der Waals surface area contributed by atoms with Gasteiger partial charge in [-0.3, -0.25) is 5.84 Å². The van der Waals surface area contributed by atoms with Crippen LogP contribution >= 0.6 is 0 Å². The van der Waals surface area contributed by atoms with Gasteiger partial charge in [-0.15, -0.1) is 0 Å². The lowest BCUT2D eigenvalue weighted by Gasteiger charge is -2.29. The van der Waals surface area contributed by atoms with Crippen molar-refractivity contribution in [2.24, 2.45) is 11.8 Å². The van der Waals surface area contributed by atoms with Crippen LogP contribution in [0.1, 0.15) is 51.4 Å². The third kappa shape index (κ3) is 2.98. The molecular formula is C13H24N2O. The Kier molecular flexibility index (Phi) is 4.67. The molecule has 0 aromatic rings. The zero-order valence-corrected chi connectivity index (χ0v) is 10.1. The fourth-order valence-electron chi connectivity index (χ4n) is 2.89. The van der Waals surface area contributed by atoms with Crippen LogP contribution in [0.2, 0.25) is 0 Å². The van der Waals surface area contributed by atoms with E-state index in [4.69, 9.17) is 10.6 Å². The lowest BCUT2D eigenvalue weighted by atomic mass is 9.90. The van der Waals surface area contributed by atoms with Crippen LogP contribution in [-0.4, -0.2) is 12.6 Å². The molecule has 0 amide bonds. The Morgan fingerprint density at radius 2 is 1.94 bits per heavy atom. The number of ether oxygens (including phenoxy) is 1. The van der Waals surface area contributed by atoms with Crippen LogP contribution in [0.15, 0.2) is 11.8 Å². The van der Waals surface area contributed by atoms with E-state index >= 15 is 0 Å². The minimum Gasteiger partial charge on any atom is -0.497 e. The van der Waals surface area contributed by atoms with Crippen molar-refractivity contribution >= 4 is 0 Å². The van der Waals surface area contributed by atoms with E-state index in [2.05, 4.69) is 11.5 Å². The summed E-state index contributed by atoms with van der Waals surface area (Å²) in [5.41, 5.74) is 2.98. The largest absolute Gasteiger partial charge is 0.497 e. The number of hydrogen-bond donors (Lipinski definition) is 2. The summed E-state index contributed by atoms with van der Waals surface area (Å²) in [6.45, 7) is 0.858. The van der Waals surface area contributed by atoms with Crippen LogP contribution in [0.3, 0.4) is 0 Å². The van der Waals surface area contributed by atoms with E-state index in [1.54, 1.807) is 0 Å². The van der Waals surface area contributed by atoms with E-state index in [1.165, 1.54) is 38.5 Å². The van der Waals surface area contributed by atoms with Gasteiger partial charge in [-0.25, -0.2) is 5.43 Å². The van der Waals surface area contributed by atoms with E-state index in [1.807, 2.05) is 0 Å². The minimum atomic E-state index is 0.249. The standard InChI is InChI=1S/C13H24N2O/c14-15-13(12-9-5-6-10-16-12)11-7-3-1-2-4-8-11/h9,11,13,15H,1-8,10,14H2.